The van der Waals surface area contributed by atoms with Crippen LogP contribution in [0.3, 0.4) is 0 Å². The molecule has 0 aromatic heterocycles. The van der Waals surface area contributed by atoms with Crippen LogP contribution in [0, 0.1) is 0 Å². The number of likely N-dealkylation sites (tertiary alicyclic amines) is 1. The maximum atomic E-state index is 12.2. The summed E-state index contributed by atoms with van der Waals surface area (Å²) in [4.78, 5) is 14.2. The molecule has 24 heavy (non-hydrogen) atoms. The summed E-state index contributed by atoms with van der Waals surface area (Å²) in [6, 6.07) is 7.64. The standard InChI is InChI=1S/C19H29NO4/c1-3-22-16-11-13-20(14-12-16)19(21)10-7-15-24-18-9-6-5-8-17(18)23-4-2/h5-6,8-9,16H,3-4,7,10-15H2,1-2H3. The number of rotatable bonds is 9. The second-order valence-electron chi connectivity index (χ2n) is 5.87. The maximum Gasteiger partial charge on any atom is 0.222 e. The van der Waals surface area contributed by atoms with E-state index in [-0.39, 0.29) is 5.91 Å². The van der Waals surface area contributed by atoms with Crippen molar-refractivity contribution in [1.29, 1.82) is 0 Å². The monoisotopic (exact) mass is 335 g/mol. The average molecular weight is 335 g/mol. The molecule has 1 amide bonds. The highest BCUT2D eigenvalue weighted by molar-refractivity contribution is 5.76. The van der Waals surface area contributed by atoms with Gasteiger partial charge in [-0.25, -0.2) is 0 Å². The van der Waals surface area contributed by atoms with E-state index < -0.39 is 0 Å². The lowest BCUT2D eigenvalue weighted by atomic mass is 10.1. The third-order valence-electron chi connectivity index (χ3n) is 4.14. The van der Waals surface area contributed by atoms with Gasteiger partial charge in [0.15, 0.2) is 11.5 Å². The van der Waals surface area contributed by atoms with Crippen molar-refractivity contribution in [1.82, 2.24) is 4.90 Å². The normalized spacial score (nSPS) is 15.3. The molecule has 2 rings (SSSR count). The van der Waals surface area contributed by atoms with Crippen molar-refractivity contribution in [2.24, 2.45) is 0 Å². The van der Waals surface area contributed by atoms with Gasteiger partial charge in [-0.3, -0.25) is 4.79 Å². The number of piperidine rings is 1. The first-order valence-electron chi connectivity index (χ1n) is 8.98. The van der Waals surface area contributed by atoms with Crippen molar-refractivity contribution >= 4 is 5.91 Å². The lowest BCUT2D eigenvalue weighted by molar-refractivity contribution is -0.134. The number of amides is 1. The number of hydrogen-bond acceptors (Lipinski definition) is 4. The van der Waals surface area contributed by atoms with Crippen LogP contribution >= 0.6 is 0 Å². The number of benzene rings is 1. The number of ether oxygens (including phenoxy) is 3. The Hall–Kier alpha value is -1.75. The van der Waals surface area contributed by atoms with Crippen molar-refractivity contribution in [3.63, 3.8) is 0 Å². The average Bonchev–Trinajstić information content (AvgIpc) is 2.61. The first-order valence-corrected chi connectivity index (χ1v) is 8.98. The van der Waals surface area contributed by atoms with Gasteiger partial charge in [0.1, 0.15) is 0 Å². The number of carbonyl (C=O) groups excluding carboxylic acids is 1. The summed E-state index contributed by atoms with van der Waals surface area (Å²) in [6.07, 6.45) is 3.44. The Labute approximate surface area is 144 Å². The molecule has 0 N–H and O–H groups in total. The van der Waals surface area contributed by atoms with E-state index in [9.17, 15) is 4.79 Å². The molecule has 1 saturated heterocycles. The van der Waals surface area contributed by atoms with Crippen LogP contribution in [0.25, 0.3) is 0 Å². The summed E-state index contributed by atoms with van der Waals surface area (Å²) in [5.41, 5.74) is 0. The Morgan fingerprint density at radius 2 is 1.75 bits per heavy atom. The predicted octanol–water partition coefficient (Wildman–Crippen LogP) is 3.27. The highest BCUT2D eigenvalue weighted by Crippen LogP contribution is 2.26. The minimum Gasteiger partial charge on any atom is -0.490 e. The molecule has 1 fully saturated rings. The van der Waals surface area contributed by atoms with E-state index in [0.29, 0.717) is 32.2 Å². The zero-order chi connectivity index (χ0) is 17.2. The Morgan fingerprint density at radius 3 is 2.38 bits per heavy atom. The van der Waals surface area contributed by atoms with E-state index in [0.717, 1.165) is 44.0 Å². The third kappa shape index (κ3) is 5.71. The van der Waals surface area contributed by atoms with Crippen molar-refractivity contribution in [2.75, 3.05) is 32.9 Å². The molecule has 1 aliphatic heterocycles. The van der Waals surface area contributed by atoms with E-state index in [1.165, 1.54) is 0 Å². The van der Waals surface area contributed by atoms with Crippen molar-refractivity contribution in [3.05, 3.63) is 24.3 Å². The molecule has 1 aliphatic rings. The van der Waals surface area contributed by atoms with E-state index in [2.05, 4.69) is 0 Å². The molecule has 0 aliphatic carbocycles. The van der Waals surface area contributed by atoms with E-state index in [1.807, 2.05) is 43.0 Å². The molecule has 0 unspecified atom stereocenters. The molecule has 1 aromatic carbocycles. The molecule has 0 bridgehead atoms. The topological polar surface area (TPSA) is 48.0 Å². The molecule has 1 heterocycles. The zero-order valence-corrected chi connectivity index (χ0v) is 14.8. The van der Waals surface area contributed by atoms with Gasteiger partial charge in [0.2, 0.25) is 5.91 Å². The smallest absolute Gasteiger partial charge is 0.222 e. The number of nitrogens with zero attached hydrogens (tertiary/aromatic N) is 1. The molecule has 0 spiro atoms. The van der Waals surface area contributed by atoms with Crippen LogP contribution in [0.1, 0.15) is 39.5 Å². The molecule has 1 aromatic rings. The van der Waals surface area contributed by atoms with Crippen LogP contribution in [-0.4, -0.2) is 49.8 Å². The first-order chi connectivity index (χ1) is 11.7. The van der Waals surface area contributed by atoms with Crippen molar-refractivity contribution in [2.45, 2.75) is 45.6 Å². The fourth-order valence-electron chi connectivity index (χ4n) is 2.92. The highest BCUT2D eigenvalue weighted by atomic mass is 16.5. The molecule has 0 atom stereocenters. The SMILES string of the molecule is CCOc1ccccc1OCCCC(=O)N1CCC(OCC)CC1. The summed E-state index contributed by atoms with van der Waals surface area (Å²) >= 11 is 0. The Morgan fingerprint density at radius 1 is 1.08 bits per heavy atom. The van der Waals surface area contributed by atoms with Gasteiger partial charge in [0, 0.05) is 26.1 Å². The van der Waals surface area contributed by atoms with Gasteiger partial charge in [-0.15, -0.1) is 0 Å². The molecule has 5 heteroatoms. The highest BCUT2D eigenvalue weighted by Gasteiger charge is 2.22. The lowest BCUT2D eigenvalue weighted by Crippen LogP contribution is -2.40. The molecule has 5 nitrogen and oxygen atoms in total. The van der Waals surface area contributed by atoms with Gasteiger partial charge in [-0.2, -0.15) is 0 Å². The largest absolute Gasteiger partial charge is 0.490 e. The number of carbonyl (C=O) groups is 1. The number of hydrogen-bond donors (Lipinski definition) is 0. The van der Waals surface area contributed by atoms with Gasteiger partial charge >= 0.3 is 0 Å². The van der Waals surface area contributed by atoms with E-state index >= 15 is 0 Å². The fourth-order valence-corrected chi connectivity index (χ4v) is 2.92. The minimum atomic E-state index is 0.214. The van der Waals surface area contributed by atoms with Crippen LogP contribution in [0.2, 0.25) is 0 Å². The van der Waals surface area contributed by atoms with Crippen LogP contribution in [0.4, 0.5) is 0 Å². The summed E-state index contributed by atoms with van der Waals surface area (Å²) in [6.45, 7) is 7.45. The fraction of sp³-hybridized carbons (Fsp3) is 0.632. The van der Waals surface area contributed by atoms with Crippen LogP contribution in [-0.2, 0) is 9.53 Å². The van der Waals surface area contributed by atoms with Gasteiger partial charge in [0.25, 0.3) is 0 Å². The minimum absolute atomic E-state index is 0.214. The van der Waals surface area contributed by atoms with Crippen molar-refractivity contribution in [3.8, 4) is 11.5 Å². The third-order valence-corrected chi connectivity index (χ3v) is 4.14. The second kappa shape index (κ2) is 10.2. The van der Waals surface area contributed by atoms with Gasteiger partial charge in [0.05, 0.1) is 19.3 Å². The van der Waals surface area contributed by atoms with E-state index in [4.69, 9.17) is 14.2 Å². The molecular weight excluding hydrogens is 306 g/mol. The Bertz CT molecular complexity index is 498. The molecule has 134 valence electrons. The van der Waals surface area contributed by atoms with Gasteiger partial charge in [-0.05, 0) is 45.2 Å². The summed E-state index contributed by atoms with van der Waals surface area (Å²) in [7, 11) is 0. The summed E-state index contributed by atoms with van der Waals surface area (Å²) in [5.74, 6) is 1.71. The summed E-state index contributed by atoms with van der Waals surface area (Å²) < 4.78 is 16.9. The summed E-state index contributed by atoms with van der Waals surface area (Å²) in [5, 5.41) is 0. The quantitative estimate of drug-likeness (QED) is 0.650. The molecular formula is C19H29NO4. The molecule has 0 radical (unpaired) electrons. The van der Waals surface area contributed by atoms with Crippen molar-refractivity contribution < 1.29 is 19.0 Å². The number of para-hydroxylation sites is 2. The van der Waals surface area contributed by atoms with Gasteiger partial charge in [-0.1, -0.05) is 12.1 Å². The van der Waals surface area contributed by atoms with Crippen LogP contribution in [0.5, 0.6) is 11.5 Å². The van der Waals surface area contributed by atoms with E-state index in [1.54, 1.807) is 0 Å². The van der Waals surface area contributed by atoms with Crippen LogP contribution in [0.15, 0.2) is 24.3 Å². The second-order valence-corrected chi connectivity index (χ2v) is 5.87. The first kappa shape index (κ1) is 18.6. The van der Waals surface area contributed by atoms with Crippen LogP contribution < -0.4 is 9.47 Å². The molecule has 0 saturated carbocycles. The zero-order valence-electron chi connectivity index (χ0n) is 14.8. The maximum absolute atomic E-state index is 12.2. The van der Waals surface area contributed by atoms with Gasteiger partial charge < -0.3 is 19.1 Å². The predicted molar refractivity (Wildman–Crippen MR) is 93.6 cm³/mol. The Balaban J connectivity index is 1.66. The lowest BCUT2D eigenvalue weighted by Gasteiger charge is -2.31. The Kier molecular flexibility index (Phi) is 7.89.